The van der Waals surface area contributed by atoms with E-state index >= 15 is 0 Å². The van der Waals surface area contributed by atoms with Gasteiger partial charge in [0.1, 0.15) is 0 Å². The molecule has 0 saturated carbocycles. The van der Waals surface area contributed by atoms with E-state index in [1.165, 1.54) is 0 Å². The van der Waals surface area contributed by atoms with E-state index in [1.54, 1.807) is 12.4 Å². The van der Waals surface area contributed by atoms with Crippen molar-refractivity contribution >= 4 is 5.91 Å². The fourth-order valence-corrected chi connectivity index (χ4v) is 1.49. The molecule has 0 aliphatic carbocycles. The van der Waals surface area contributed by atoms with Crippen LogP contribution >= 0.6 is 0 Å². The largest absolute Gasteiger partial charge is 0.350 e. The summed E-state index contributed by atoms with van der Waals surface area (Å²) in [6.07, 6.45) is 4.05. The van der Waals surface area contributed by atoms with Crippen LogP contribution in [0.1, 0.15) is 45.7 Å². The molecule has 88 valence electrons. The number of hydrogen-bond donors (Lipinski definition) is 1. The Morgan fingerprint density at radius 2 is 2.19 bits per heavy atom. The molecule has 3 heteroatoms. The van der Waals surface area contributed by atoms with Crippen molar-refractivity contribution in [1.29, 1.82) is 0 Å². The van der Waals surface area contributed by atoms with E-state index in [2.05, 4.69) is 31.1 Å². The number of hydrogen-bond acceptors (Lipinski definition) is 2. The molecule has 3 nitrogen and oxygen atoms in total. The van der Waals surface area contributed by atoms with Gasteiger partial charge in [0, 0.05) is 18.8 Å². The fraction of sp³-hybridized carbons (Fsp3) is 0.538. The van der Waals surface area contributed by atoms with Gasteiger partial charge in [0.2, 0.25) is 5.91 Å². The first-order valence-electron chi connectivity index (χ1n) is 5.58. The van der Waals surface area contributed by atoms with Gasteiger partial charge in [-0.2, -0.15) is 0 Å². The van der Waals surface area contributed by atoms with E-state index < -0.39 is 0 Å². The van der Waals surface area contributed by atoms with E-state index in [9.17, 15) is 4.79 Å². The quantitative estimate of drug-likeness (QED) is 0.851. The van der Waals surface area contributed by atoms with Crippen LogP contribution in [-0.2, 0) is 4.79 Å². The second-order valence-electron chi connectivity index (χ2n) is 5.31. The minimum Gasteiger partial charge on any atom is -0.350 e. The Bertz CT molecular complexity index is 341. The van der Waals surface area contributed by atoms with Crippen molar-refractivity contribution in [3.63, 3.8) is 0 Å². The zero-order valence-corrected chi connectivity index (χ0v) is 10.4. The molecule has 1 rings (SSSR count). The average molecular weight is 220 g/mol. The standard InChI is InChI=1S/C13H20N2O/c1-10(11-6-5-7-14-9-11)15-12(16)8-13(2,3)4/h5-7,9-10H,8H2,1-4H3,(H,15,16)/t10-/m0/s1. The maximum atomic E-state index is 11.7. The highest BCUT2D eigenvalue weighted by molar-refractivity contribution is 5.77. The van der Waals surface area contributed by atoms with Crippen LogP contribution in [0.2, 0.25) is 0 Å². The molecule has 0 aromatic carbocycles. The van der Waals surface area contributed by atoms with Gasteiger partial charge >= 0.3 is 0 Å². The summed E-state index contributed by atoms with van der Waals surface area (Å²) >= 11 is 0. The van der Waals surface area contributed by atoms with E-state index in [4.69, 9.17) is 0 Å². The second-order valence-corrected chi connectivity index (χ2v) is 5.31. The smallest absolute Gasteiger partial charge is 0.220 e. The number of aromatic nitrogens is 1. The number of nitrogens with one attached hydrogen (secondary N) is 1. The number of amides is 1. The first-order valence-corrected chi connectivity index (χ1v) is 5.58. The normalized spacial score (nSPS) is 13.2. The lowest BCUT2D eigenvalue weighted by molar-refractivity contribution is -0.123. The average Bonchev–Trinajstić information content (AvgIpc) is 2.16. The Balaban J connectivity index is 2.52. The van der Waals surface area contributed by atoms with Crippen LogP contribution in [0.4, 0.5) is 0 Å². The summed E-state index contributed by atoms with van der Waals surface area (Å²) in [5.41, 5.74) is 1.06. The van der Waals surface area contributed by atoms with Crippen molar-refractivity contribution < 1.29 is 4.79 Å². The molecule has 1 heterocycles. The molecule has 0 unspecified atom stereocenters. The molecular formula is C13H20N2O. The molecule has 1 atom stereocenters. The Labute approximate surface area is 97.3 Å². The second kappa shape index (κ2) is 5.10. The van der Waals surface area contributed by atoms with Crippen LogP contribution < -0.4 is 5.32 Å². The Morgan fingerprint density at radius 1 is 1.50 bits per heavy atom. The highest BCUT2D eigenvalue weighted by Gasteiger charge is 2.17. The van der Waals surface area contributed by atoms with Gasteiger partial charge in [-0.3, -0.25) is 9.78 Å². The predicted octanol–water partition coefficient (Wildman–Crippen LogP) is 2.70. The molecule has 0 bridgehead atoms. The Kier molecular flexibility index (Phi) is 4.05. The SMILES string of the molecule is C[C@H](NC(=O)CC(C)(C)C)c1cccnc1. The number of rotatable bonds is 3. The first kappa shape index (κ1) is 12.7. The minimum absolute atomic E-state index is 0.0172. The Hall–Kier alpha value is -1.38. The fourth-order valence-electron chi connectivity index (χ4n) is 1.49. The van der Waals surface area contributed by atoms with Gasteiger partial charge in [0.15, 0.2) is 0 Å². The van der Waals surface area contributed by atoms with Gasteiger partial charge < -0.3 is 5.32 Å². The van der Waals surface area contributed by atoms with Crippen LogP contribution in [0.5, 0.6) is 0 Å². The van der Waals surface area contributed by atoms with Gasteiger partial charge in [0.05, 0.1) is 6.04 Å². The van der Waals surface area contributed by atoms with Crippen LogP contribution in [0, 0.1) is 5.41 Å². The van der Waals surface area contributed by atoms with Crippen molar-refractivity contribution in [2.45, 2.75) is 40.2 Å². The molecule has 1 aromatic heterocycles. The van der Waals surface area contributed by atoms with Crippen molar-refractivity contribution in [1.82, 2.24) is 10.3 Å². The van der Waals surface area contributed by atoms with Crippen LogP contribution in [0.25, 0.3) is 0 Å². The highest BCUT2D eigenvalue weighted by atomic mass is 16.1. The summed E-state index contributed by atoms with van der Waals surface area (Å²) in [7, 11) is 0. The van der Waals surface area contributed by atoms with E-state index in [0.717, 1.165) is 5.56 Å². The molecular weight excluding hydrogens is 200 g/mol. The lowest BCUT2D eigenvalue weighted by Gasteiger charge is -2.20. The van der Waals surface area contributed by atoms with Crippen molar-refractivity contribution in [3.05, 3.63) is 30.1 Å². The third kappa shape index (κ3) is 4.43. The van der Waals surface area contributed by atoms with Crippen LogP contribution in [0.3, 0.4) is 0 Å². The maximum Gasteiger partial charge on any atom is 0.220 e. The van der Waals surface area contributed by atoms with Gasteiger partial charge in [-0.1, -0.05) is 26.8 Å². The van der Waals surface area contributed by atoms with Gasteiger partial charge in [0.25, 0.3) is 0 Å². The van der Waals surface area contributed by atoms with E-state index in [1.807, 2.05) is 19.1 Å². The van der Waals surface area contributed by atoms with Crippen molar-refractivity contribution in [2.75, 3.05) is 0 Å². The zero-order valence-electron chi connectivity index (χ0n) is 10.4. The van der Waals surface area contributed by atoms with Gasteiger partial charge in [-0.05, 0) is 24.0 Å². The molecule has 0 aliphatic heterocycles. The van der Waals surface area contributed by atoms with Crippen molar-refractivity contribution in [2.24, 2.45) is 5.41 Å². The molecule has 1 amide bonds. The minimum atomic E-state index is 0.0172. The monoisotopic (exact) mass is 220 g/mol. The number of carbonyl (C=O) groups excluding carboxylic acids is 1. The summed E-state index contributed by atoms with van der Waals surface area (Å²) in [5, 5.41) is 2.97. The Morgan fingerprint density at radius 3 is 2.69 bits per heavy atom. The molecule has 0 spiro atoms. The molecule has 1 aromatic rings. The third-order valence-electron chi connectivity index (χ3n) is 2.25. The molecule has 0 saturated heterocycles. The molecule has 16 heavy (non-hydrogen) atoms. The number of pyridine rings is 1. The summed E-state index contributed by atoms with van der Waals surface area (Å²) in [4.78, 5) is 15.7. The summed E-state index contributed by atoms with van der Waals surface area (Å²) in [6, 6.07) is 3.86. The topological polar surface area (TPSA) is 42.0 Å². The van der Waals surface area contributed by atoms with Crippen LogP contribution in [-0.4, -0.2) is 10.9 Å². The van der Waals surface area contributed by atoms with Gasteiger partial charge in [-0.25, -0.2) is 0 Å². The lowest BCUT2D eigenvalue weighted by Crippen LogP contribution is -2.29. The third-order valence-corrected chi connectivity index (χ3v) is 2.25. The van der Waals surface area contributed by atoms with E-state index in [-0.39, 0.29) is 17.4 Å². The predicted molar refractivity (Wildman–Crippen MR) is 64.9 cm³/mol. The number of nitrogens with zero attached hydrogens (tertiary/aromatic N) is 1. The molecule has 0 fully saturated rings. The first-order chi connectivity index (χ1) is 7.38. The number of carbonyl (C=O) groups is 1. The van der Waals surface area contributed by atoms with Crippen molar-refractivity contribution in [3.8, 4) is 0 Å². The highest BCUT2D eigenvalue weighted by Crippen LogP contribution is 2.19. The van der Waals surface area contributed by atoms with Crippen LogP contribution in [0.15, 0.2) is 24.5 Å². The molecule has 0 aliphatic rings. The molecule has 0 radical (unpaired) electrons. The van der Waals surface area contributed by atoms with Gasteiger partial charge in [-0.15, -0.1) is 0 Å². The van der Waals surface area contributed by atoms with E-state index in [0.29, 0.717) is 6.42 Å². The summed E-state index contributed by atoms with van der Waals surface area (Å²) in [5.74, 6) is 0.0869. The zero-order chi connectivity index (χ0) is 12.2. The lowest BCUT2D eigenvalue weighted by atomic mass is 9.92. The summed E-state index contributed by atoms with van der Waals surface area (Å²) in [6.45, 7) is 8.14. The maximum absolute atomic E-state index is 11.7. The summed E-state index contributed by atoms with van der Waals surface area (Å²) < 4.78 is 0. The molecule has 1 N–H and O–H groups in total.